The SMILES string of the molecule is N#Cc1ccc(-c2cc(C(=O)O)nn2-c2ccc(I)cc2)cc1F. The number of nitrogens with zero attached hydrogens (tertiary/aromatic N) is 3. The molecule has 1 aromatic heterocycles. The molecule has 0 aliphatic heterocycles. The van der Waals surface area contributed by atoms with Crippen molar-refractivity contribution in [1.29, 1.82) is 5.26 Å². The molecule has 0 saturated heterocycles. The van der Waals surface area contributed by atoms with Gasteiger partial charge in [-0.25, -0.2) is 13.9 Å². The third-order valence-corrected chi connectivity index (χ3v) is 4.10. The first-order valence-electron chi connectivity index (χ1n) is 6.79. The van der Waals surface area contributed by atoms with Gasteiger partial charge in [-0.2, -0.15) is 10.4 Å². The molecule has 0 radical (unpaired) electrons. The van der Waals surface area contributed by atoms with Gasteiger partial charge in [-0.1, -0.05) is 6.07 Å². The molecule has 3 aromatic rings. The smallest absolute Gasteiger partial charge is 0.356 e. The van der Waals surface area contributed by atoms with Crippen LogP contribution in [0.4, 0.5) is 4.39 Å². The summed E-state index contributed by atoms with van der Waals surface area (Å²) in [6, 6.07) is 14.6. The minimum Gasteiger partial charge on any atom is -0.476 e. The van der Waals surface area contributed by atoms with Crippen molar-refractivity contribution in [3.8, 4) is 23.0 Å². The number of benzene rings is 2. The highest BCUT2D eigenvalue weighted by atomic mass is 127. The van der Waals surface area contributed by atoms with Crippen molar-refractivity contribution >= 4 is 28.6 Å². The van der Waals surface area contributed by atoms with Gasteiger partial charge in [-0.3, -0.25) is 0 Å². The second-order valence-corrected chi connectivity index (χ2v) is 6.16. The van der Waals surface area contributed by atoms with Crippen LogP contribution < -0.4 is 0 Å². The van der Waals surface area contributed by atoms with Crippen LogP contribution in [-0.4, -0.2) is 20.9 Å². The van der Waals surface area contributed by atoms with Crippen molar-refractivity contribution in [2.75, 3.05) is 0 Å². The first-order chi connectivity index (χ1) is 11.5. The summed E-state index contributed by atoms with van der Waals surface area (Å²) in [4.78, 5) is 11.3. The van der Waals surface area contributed by atoms with Crippen molar-refractivity contribution in [2.45, 2.75) is 0 Å². The first kappa shape index (κ1) is 16.1. The maximum atomic E-state index is 13.9. The van der Waals surface area contributed by atoms with Gasteiger partial charge in [0.25, 0.3) is 0 Å². The molecule has 0 amide bonds. The topological polar surface area (TPSA) is 78.9 Å². The van der Waals surface area contributed by atoms with Crippen LogP contribution in [0.25, 0.3) is 16.9 Å². The van der Waals surface area contributed by atoms with Crippen LogP contribution in [0, 0.1) is 20.7 Å². The summed E-state index contributed by atoms with van der Waals surface area (Å²) < 4.78 is 16.4. The lowest BCUT2D eigenvalue weighted by atomic mass is 10.1. The number of rotatable bonds is 3. The zero-order chi connectivity index (χ0) is 17.3. The highest BCUT2D eigenvalue weighted by Crippen LogP contribution is 2.26. The molecule has 0 fully saturated rings. The number of nitriles is 1. The third-order valence-electron chi connectivity index (χ3n) is 3.38. The molecule has 118 valence electrons. The van der Waals surface area contributed by atoms with Crippen LogP contribution in [0.15, 0.2) is 48.5 Å². The zero-order valence-corrected chi connectivity index (χ0v) is 14.2. The molecule has 2 aromatic carbocycles. The van der Waals surface area contributed by atoms with Crippen molar-refractivity contribution in [1.82, 2.24) is 9.78 Å². The van der Waals surface area contributed by atoms with Gasteiger partial charge >= 0.3 is 5.97 Å². The van der Waals surface area contributed by atoms with E-state index >= 15 is 0 Å². The number of aromatic nitrogens is 2. The largest absolute Gasteiger partial charge is 0.476 e. The lowest BCUT2D eigenvalue weighted by Gasteiger charge is -2.08. The van der Waals surface area contributed by atoms with Gasteiger partial charge in [0.1, 0.15) is 11.9 Å². The molecular formula is C17H9FIN3O2. The Morgan fingerprint density at radius 1 is 1.21 bits per heavy atom. The van der Waals surface area contributed by atoms with Crippen LogP contribution in [0.2, 0.25) is 0 Å². The molecule has 0 atom stereocenters. The van der Waals surface area contributed by atoms with E-state index in [-0.39, 0.29) is 11.3 Å². The molecule has 1 heterocycles. The normalized spacial score (nSPS) is 10.4. The molecular weight excluding hydrogens is 424 g/mol. The molecule has 0 aliphatic rings. The van der Waals surface area contributed by atoms with E-state index in [4.69, 9.17) is 5.26 Å². The summed E-state index contributed by atoms with van der Waals surface area (Å²) in [6.07, 6.45) is 0. The fourth-order valence-corrected chi connectivity index (χ4v) is 2.60. The Bertz CT molecular complexity index is 974. The van der Waals surface area contributed by atoms with Gasteiger partial charge in [-0.05, 0) is 65.1 Å². The van der Waals surface area contributed by atoms with Crippen LogP contribution in [-0.2, 0) is 0 Å². The summed E-state index contributed by atoms with van der Waals surface area (Å²) in [5, 5.41) is 22.1. The molecule has 7 heteroatoms. The monoisotopic (exact) mass is 433 g/mol. The number of carbonyl (C=O) groups is 1. The van der Waals surface area contributed by atoms with Crippen molar-refractivity contribution in [2.24, 2.45) is 0 Å². The average Bonchev–Trinajstić information content (AvgIpc) is 3.01. The molecule has 0 saturated carbocycles. The predicted molar refractivity (Wildman–Crippen MR) is 93.3 cm³/mol. The Kier molecular flexibility index (Phi) is 4.31. The van der Waals surface area contributed by atoms with Gasteiger partial charge in [0.15, 0.2) is 5.69 Å². The molecule has 1 N–H and O–H groups in total. The van der Waals surface area contributed by atoms with Crippen LogP contribution in [0.1, 0.15) is 16.1 Å². The number of hydrogen-bond donors (Lipinski definition) is 1. The molecule has 0 unspecified atom stereocenters. The molecule has 0 bridgehead atoms. The van der Waals surface area contributed by atoms with Crippen LogP contribution in [0.3, 0.4) is 0 Å². The molecule has 0 spiro atoms. The summed E-state index contributed by atoms with van der Waals surface area (Å²) in [6.45, 7) is 0. The molecule has 5 nitrogen and oxygen atoms in total. The fourth-order valence-electron chi connectivity index (χ4n) is 2.24. The van der Waals surface area contributed by atoms with Crippen molar-refractivity contribution in [3.63, 3.8) is 0 Å². The van der Waals surface area contributed by atoms with Crippen LogP contribution in [0.5, 0.6) is 0 Å². The van der Waals surface area contributed by atoms with E-state index in [9.17, 15) is 14.3 Å². The Morgan fingerprint density at radius 2 is 1.92 bits per heavy atom. The second kappa shape index (κ2) is 6.41. The summed E-state index contributed by atoms with van der Waals surface area (Å²) in [7, 11) is 0. The third kappa shape index (κ3) is 3.00. The van der Waals surface area contributed by atoms with Crippen molar-refractivity contribution < 1.29 is 14.3 Å². The minimum absolute atomic E-state index is 0.0717. The second-order valence-electron chi connectivity index (χ2n) is 4.91. The summed E-state index contributed by atoms with van der Waals surface area (Å²) >= 11 is 2.16. The van der Waals surface area contributed by atoms with Crippen molar-refractivity contribution in [3.05, 3.63) is 69.2 Å². The molecule has 3 rings (SSSR count). The lowest BCUT2D eigenvalue weighted by molar-refractivity contribution is 0.0690. The standard InChI is InChI=1S/C17H9FIN3O2/c18-14-7-10(1-2-11(14)9-20)16-8-15(17(23)24)21-22(16)13-5-3-12(19)4-6-13/h1-8H,(H,23,24). The minimum atomic E-state index is -1.17. The number of hydrogen-bond acceptors (Lipinski definition) is 3. The van der Waals surface area contributed by atoms with Crippen LogP contribution >= 0.6 is 22.6 Å². The number of halogens is 2. The van der Waals surface area contributed by atoms with Gasteiger partial charge in [0.05, 0.1) is 16.9 Å². The van der Waals surface area contributed by atoms with E-state index in [0.717, 1.165) is 3.57 Å². The Balaban J connectivity index is 2.19. The predicted octanol–water partition coefficient (Wildman–Crippen LogP) is 3.85. The maximum absolute atomic E-state index is 13.9. The number of carboxylic acids is 1. The summed E-state index contributed by atoms with van der Waals surface area (Å²) in [5.41, 5.74) is 1.30. The lowest BCUT2D eigenvalue weighted by Crippen LogP contribution is -2.02. The number of aromatic carboxylic acids is 1. The highest BCUT2D eigenvalue weighted by Gasteiger charge is 2.17. The van der Waals surface area contributed by atoms with Gasteiger partial charge in [0, 0.05) is 9.13 Å². The Labute approximate surface area is 150 Å². The maximum Gasteiger partial charge on any atom is 0.356 e. The quantitative estimate of drug-likeness (QED) is 0.637. The zero-order valence-electron chi connectivity index (χ0n) is 12.1. The first-order valence-corrected chi connectivity index (χ1v) is 7.87. The van der Waals surface area contributed by atoms with E-state index in [1.807, 2.05) is 12.1 Å². The average molecular weight is 433 g/mol. The molecule has 0 aliphatic carbocycles. The van der Waals surface area contributed by atoms with E-state index in [1.165, 1.54) is 22.9 Å². The van der Waals surface area contributed by atoms with E-state index in [1.54, 1.807) is 24.3 Å². The Morgan fingerprint density at radius 3 is 2.50 bits per heavy atom. The van der Waals surface area contributed by atoms with E-state index in [2.05, 4.69) is 27.7 Å². The number of carboxylic acid groups (broad SMARTS) is 1. The van der Waals surface area contributed by atoms with E-state index in [0.29, 0.717) is 16.9 Å². The van der Waals surface area contributed by atoms with E-state index < -0.39 is 11.8 Å². The molecule has 24 heavy (non-hydrogen) atoms. The van der Waals surface area contributed by atoms with Gasteiger partial charge in [0.2, 0.25) is 0 Å². The van der Waals surface area contributed by atoms with Gasteiger partial charge in [-0.15, -0.1) is 0 Å². The van der Waals surface area contributed by atoms with Gasteiger partial charge < -0.3 is 5.11 Å². The Hall–Kier alpha value is -2.73. The summed E-state index contributed by atoms with van der Waals surface area (Å²) in [5.74, 6) is -1.84. The fraction of sp³-hybridized carbons (Fsp3) is 0. The highest BCUT2D eigenvalue weighted by molar-refractivity contribution is 14.1.